The Hall–Kier alpha value is -3.42. The number of carbonyl (C=O) groups is 1. The number of likely N-dealkylation sites (tertiary alicyclic amines) is 1. The lowest BCUT2D eigenvalue weighted by Gasteiger charge is -2.31. The standard InChI is InChI=1S/C22H24FN5O2/c1-26-22(30)28(19-5-3-2-4-6-19)20(25-26)17-11-13-27(14-12-17)21(29)24-15-16-7-9-18(23)10-8-16/h2-10,17H,11-15H2,1H3,(H,24,29). The monoisotopic (exact) mass is 409 g/mol. The lowest BCUT2D eigenvalue weighted by atomic mass is 9.96. The third-order valence-corrected chi connectivity index (χ3v) is 5.47. The van der Waals surface area contributed by atoms with Gasteiger partial charge in [0.1, 0.15) is 11.6 Å². The van der Waals surface area contributed by atoms with Crippen LogP contribution in [0, 0.1) is 5.82 Å². The zero-order valence-electron chi connectivity index (χ0n) is 16.8. The molecule has 0 spiro atoms. The molecule has 8 heteroatoms. The Kier molecular flexibility index (Phi) is 5.65. The number of nitrogens with one attached hydrogen (secondary N) is 1. The molecule has 3 aromatic rings. The molecule has 0 radical (unpaired) electrons. The van der Waals surface area contributed by atoms with Crippen molar-refractivity contribution in [1.29, 1.82) is 0 Å². The van der Waals surface area contributed by atoms with Crippen molar-refractivity contribution in [2.24, 2.45) is 7.05 Å². The van der Waals surface area contributed by atoms with Crippen molar-refractivity contribution in [3.05, 3.63) is 82.3 Å². The van der Waals surface area contributed by atoms with Crippen LogP contribution in [0.25, 0.3) is 5.69 Å². The molecule has 1 aromatic heterocycles. The third kappa shape index (κ3) is 4.12. The Morgan fingerprint density at radius 1 is 1.10 bits per heavy atom. The van der Waals surface area contributed by atoms with Crippen LogP contribution < -0.4 is 11.0 Å². The number of halogens is 1. The van der Waals surface area contributed by atoms with Crippen molar-refractivity contribution in [3.8, 4) is 5.69 Å². The lowest BCUT2D eigenvalue weighted by Crippen LogP contribution is -2.44. The molecular weight excluding hydrogens is 385 g/mol. The first-order chi connectivity index (χ1) is 14.5. The second-order valence-corrected chi connectivity index (χ2v) is 7.48. The van der Waals surface area contributed by atoms with Crippen molar-refractivity contribution in [2.75, 3.05) is 13.1 Å². The highest BCUT2D eigenvalue weighted by molar-refractivity contribution is 5.74. The number of hydrogen-bond donors (Lipinski definition) is 1. The second kappa shape index (κ2) is 8.52. The average molecular weight is 409 g/mol. The number of benzene rings is 2. The highest BCUT2D eigenvalue weighted by Gasteiger charge is 2.28. The molecule has 1 fully saturated rings. The maximum Gasteiger partial charge on any atom is 0.350 e. The Bertz CT molecular complexity index is 1070. The van der Waals surface area contributed by atoms with E-state index in [0.717, 1.165) is 29.9 Å². The molecule has 1 aliphatic heterocycles. The Morgan fingerprint density at radius 2 is 1.77 bits per heavy atom. The second-order valence-electron chi connectivity index (χ2n) is 7.48. The van der Waals surface area contributed by atoms with E-state index in [1.807, 2.05) is 30.3 Å². The highest BCUT2D eigenvalue weighted by Crippen LogP contribution is 2.27. The van der Waals surface area contributed by atoms with Crippen LogP contribution in [0.5, 0.6) is 0 Å². The first kappa shape index (κ1) is 19.9. The smallest absolute Gasteiger partial charge is 0.334 e. The van der Waals surface area contributed by atoms with Crippen molar-refractivity contribution in [1.82, 2.24) is 24.6 Å². The van der Waals surface area contributed by atoms with Crippen molar-refractivity contribution >= 4 is 6.03 Å². The summed E-state index contributed by atoms with van der Waals surface area (Å²) >= 11 is 0. The summed E-state index contributed by atoms with van der Waals surface area (Å²) in [5.74, 6) is 0.538. The van der Waals surface area contributed by atoms with E-state index in [9.17, 15) is 14.0 Å². The molecule has 0 saturated carbocycles. The molecule has 7 nitrogen and oxygen atoms in total. The number of aryl methyl sites for hydroxylation is 1. The Labute approximate surface area is 173 Å². The summed E-state index contributed by atoms with van der Waals surface area (Å²) < 4.78 is 16.0. The summed E-state index contributed by atoms with van der Waals surface area (Å²) in [6.45, 7) is 1.52. The molecule has 1 saturated heterocycles. The van der Waals surface area contributed by atoms with Crippen LogP contribution in [-0.2, 0) is 13.6 Å². The first-order valence-corrected chi connectivity index (χ1v) is 10.0. The average Bonchev–Trinajstić information content (AvgIpc) is 3.08. The van der Waals surface area contributed by atoms with E-state index < -0.39 is 0 Å². The van der Waals surface area contributed by atoms with Crippen molar-refractivity contribution < 1.29 is 9.18 Å². The number of carbonyl (C=O) groups excluding carboxylic acids is 1. The molecule has 4 rings (SSSR count). The molecule has 0 aliphatic carbocycles. The topological polar surface area (TPSA) is 72.2 Å². The molecule has 0 bridgehead atoms. The van der Waals surface area contributed by atoms with Crippen LogP contribution in [0.15, 0.2) is 59.4 Å². The maximum atomic E-state index is 13.0. The SMILES string of the molecule is Cn1nc(C2CCN(C(=O)NCc3ccc(F)cc3)CC2)n(-c2ccccc2)c1=O. The minimum absolute atomic E-state index is 0.0975. The van der Waals surface area contributed by atoms with Crippen LogP contribution in [-0.4, -0.2) is 38.4 Å². The van der Waals surface area contributed by atoms with Gasteiger partial charge in [0.05, 0.1) is 5.69 Å². The zero-order chi connectivity index (χ0) is 21.1. The quantitative estimate of drug-likeness (QED) is 0.720. The predicted molar refractivity (Wildman–Crippen MR) is 111 cm³/mol. The lowest BCUT2D eigenvalue weighted by molar-refractivity contribution is 0.179. The van der Waals surface area contributed by atoms with Gasteiger partial charge in [0.25, 0.3) is 0 Å². The Morgan fingerprint density at radius 3 is 2.43 bits per heavy atom. The number of hydrogen-bond acceptors (Lipinski definition) is 3. The summed E-state index contributed by atoms with van der Waals surface area (Å²) in [5.41, 5.74) is 1.47. The number of para-hydroxylation sites is 1. The normalized spacial score (nSPS) is 14.7. The van der Waals surface area contributed by atoms with Crippen molar-refractivity contribution in [3.63, 3.8) is 0 Å². The van der Waals surface area contributed by atoms with Gasteiger partial charge in [-0.05, 0) is 42.7 Å². The summed E-state index contributed by atoms with van der Waals surface area (Å²) in [5, 5.41) is 7.36. The number of piperidine rings is 1. The van der Waals surface area contributed by atoms with E-state index in [1.165, 1.54) is 16.8 Å². The minimum atomic E-state index is -0.296. The molecular formula is C22H24FN5O2. The largest absolute Gasteiger partial charge is 0.350 e. The summed E-state index contributed by atoms with van der Waals surface area (Å²) in [4.78, 5) is 26.9. The maximum absolute atomic E-state index is 13.0. The van der Waals surface area contributed by atoms with E-state index in [-0.39, 0.29) is 23.5 Å². The minimum Gasteiger partial charge on any atom is -0.334 e. The molecule has 2 amide bonds. The summed E-state index contributed by atoms with van der Waals surface area (Å²) in [7, 11) is 1.66. The van der Waals surface area contributed by atoms with Gasteiger partial charge in [-0.25, -0.2) is 23.2 Å². The van der Waals surface area contributed by atoms with E-state index in [2.05, 4.69) is 10.4 Å². The molecule has 156 valence electrons. The van der Waals surface area contributed by atoms with Gasteiger partial charge in [0, 0.05) is 32.6 Å². The molecule has 0 atom stereocenters. The van der Waals surface area contributed by atoms with Gasteiger partial charge in [-0.1, -0.05) is 30.3 Å². The number of amides is 2. The number of urea groups is 1. The fourth-order valence-corrected chi connectivity index (χ4v) is 3.80. The highest BCUT2D eigenvalue weighted by atomic mass is 19.1. The predicted octanol–water partition coefficient (Wildman–Crippen LogP) is 2.80. The third-order valence-electron chi connectivity index (χ3n) is 5.47. The summed E-state index contributed by atoms with van der Waals surface area (Å²) in [6, 6.07) is 15.4. The Balaban J connectivity index is 1.40. The van der Waals surface area contributed by atoms with Gasteiger partial charge in [-0.2, -0.15) is 5.10 Å². The molecule has 0 unspecified atom stereocenters. The van der Waals surface area contributed by atoms with E-state index in [4.69, 9.17) is 0 Å². The zero-order valence-corrected chi connectivity index (χ0v) is 16.8. The van der Waals surface area contributed by atoms with Crippen LogP contribution in [0.3, 0.4) is 0 Å². The van der Waals surface area contributed by atoms with Gasteiger partial charge in [0.15, 0.2) is 0 Å². The molecule has 1 N–H and O–H groups in total. The summed E-state index contributed by atoms with van der Waals surface area (Å²) in [6.07, 6.45) is 1.46. The molecule has 2 heterocycles. The van der Waals surface area contributed by atoms with Gasteiger partial charge in [-0.15, -0.1) is 0 Å². The van der Waals surface area contributed by atoms with Gasteiger partial charge >= 0.3 is 11.7 Å². The van der Waals surface area contributed by atoms with E-state index >= 15 is 0 Å². The van der Waals surface area contributed by atoms with Crippen LogP contribution >= 0.6 is 0 Å². The van der Waals surface area contributed by atoms with Gasteiger partial charge < -0.3 is 10.2 Å². The number of aromatic nitrogens is 3. The number of rotatable bonds is 4. The molecule has 2 aromatic carbocycles. The number of nitrogens with zero attached hydrogens (tertiary/aromatic N) is 4. The van der Waals surface area contributed by atoms with Crippen molar-refractivity contribution in [2.45, 2.75) is 25.3 Å². The van der Waals surface area contributed by atoms with Crippen LogP contribution in [0.4, 0.5) is 9.18 Å². The van der Waals surface area contributed by atoms with Gasteiger partial charge in [-0.3, -0.25) is 0 Å². The van der Waals surface area contributed by atoms with E-state index in [0.29, 0.717) is 19.6 Å². The fourth-order valence-electron chi connectivity index (χ4n) is 3.80. The molecule has 1 aliphatic rings. The van der Waals surface area contributed by atoms with E-state index in [1.54, 1.807) is 28.6 Å². The van der Waals surface area contributed by atoms with Gasteiger partial charge in [0.2, 0.25) is 0 Å². The molecule has 30 heavy (non-hydrogen) atoms. The van der Waals surface area contributed by atoms with Crippen LogP contribution in [0.1, 0.15) is 30.1 Å². The fraction of sp³-hybridized carbons (Fsp3) is 0.318. The first-order valence-electron chi connectivity index (χ1n) is 10.0. The van der Waals surface area contributed by atoms with Crippen LogP contribution in [0.2, 0.25) is 0 Å².